The van der Waals surface area contributed by atoms with Crippen molar-refractivity contribution in [1.29, 1.82) is 0 Å². The van der Waals surface area contributed by atoms with Gasteiger partial charge in [-0.3, -0.25) is 9.59 Å². The molecule has 1 aromatic rings. The maximum Gasteiger partial charge on any atom is 0.279 e. The number of aromatic nitrogens is 1. The van der Waals surface area contributed by atoms with Crippen LogP contribution in [0, 0.1) is 0 Å². The Kier molecular flexibility index (Phi) is 3.08. The summed E-state index contributed by atoms with van der Waals surface area (Å²) in [4.78, 5) is 23.4. The lowest BCUT2D eigenvalue weighted by atomic mass is 10.1. The van der Waals surface area contributed by atoms with Crippen molar-refractivity contribution in [2.45, 2.75) is 13.0 Å². The van der Waals surface area contributed by atoms with Crippen LogP contribution in [0.25, 0.3) is 0 Å². The van der Waals surface area contributed by atoms with Gasteiger partial charge in [0.1, 0.15) is 0 Å². The molecule has 0 atom stereocenters. The van der Waals surface area contributed by atoms with Crippen molar-refractivity contribution < 1.29 is 13.6 Å². The van der Waals surface area contributed by atoms with Gasteiger partial charge in [-0.15, -0.1) is 0 Å². The Balaban J connectivity index is 3.39. The van der Waals surface area contributed by atoms with Crippen molar-refractivity contribution in [2.75, 3.05) is 0 Å². The number of carbonyl (C=O) groups is 1. The van der Waals surface area contributed by atoms with Crippen molar-refractivity contribution >= 4 is 6.29 Å². The average molecular weight is 202 g/mol. The molecular weight excluding hydrogens is 194 g/mol. The molecule has 0 aliphatic carbocycles. The quantitative estimate of drug-likeness (QED) is 0.704. The van der Waals surface area contributed by atoms with Gasteiger partial charge in [0.15, 0.2) is 6.29 Å². The van der Waals surface area contributed by atoms with Crippen molar-refractivity contribution in [3.8, 4) is 0 Å². The number of nitrogens with one attached hydrogen (secondary N) is 1. The second kappa shape index (κ2) is 4.10. The second-order valence-corrected chi connectivity index (χ2v) is 2.62. The van der Waals surface area contributed by atoms with Gasteiger partial charge in [0, 0.05) is 17.7 Å². The van der Waals surface area contributed by atoms with Crippen LogP contribution in [-0.4, -0.2) is 11.3 Å². The molecule has 4 nitrogen and oxygen atoms in total. The van der Waals surface area contributed by atoms with Gasteiger partial charge in [-0.05, 0) is 6.07 Å². The summed E-state index contributed by atoms with van der Waals surface area (Å²) in [5, 5.41) is 0. The summed E-state index contributed by atoms with van der Waals surface area (Å²) < 4.78 is 24.5. The number of aldehydes is 1. The van der Waals surface area contributed by atoms with Crippen LogP contribution >= 0.6 is 0 Å². The smallest absolute Gasteiger partial charge is 0.279 e. The molecule has 0 aliphatic rings. The highest BCUT2D eigenvalue weighted by atomic mass is 19.3. The Labute approximate surface area is 77.7 Å². The maximum absolute atomic E-state index is 12.3. The molecule has 0 radical (unpaired) electrons. The molecule has 0 aromatic carbocycles. The van der Waals surface area contributed by atoms with Crippen molar-refractivity contribution in [2.24, 2.45) is 5.73 Å². The number of alkyl halides is 2. The SMILES string of the molecule is NCc1cc(C=O)c(C(F)F)[nH]c1=O. The number of aromatic amines is 1. The third-order valence-corrected chi connectivity index (χ3v) is 1.75. The van der Waals surface area contributed by atoms with Crippen LogP contribution in [-0.2, 0) is 6.54 Å². The molecule has 0 saturated heterocycles. The number of H-pyrrole nitrogens is 1. The monoisotopic (exact) mass is 202 g/mol. The van der Waals surface area contributed by atoms with E-state index in [-0.39, 0.29) is 24.0 Å². The first-order chi connectivity index (χ1) is 6.60. The summed E-state index contributed by atoms with van der Waals surface area (Å²) >= 11 is 0. The van der Waals surface area contributed by atoms with E-state index in [2.05, 4.69) is 0 Å². The van der Waals surface area contributed by atoms with Gasteiger partial charge < -0.3 is 10.7 Å². The summed E-state index contributed by atoms with van der Waals surface area (Å²) in [5.41, 5.74) is 3.70. The Hall–Kier alpha value is -1.56. The molecule has 0 spiro atoms. The number of carbonyl (C=O) groups excluding carboxylic acids is 1. The molecule has 0 fully saturated rings. The van der Waals surface area contributed by atoms with E-state index in [9.17, 15) is 18.4 Å². The van der Waals surface area contributed by atoms with Crippen molar-refractivity contribution in [3.05, 3.63) is 33.2 Å². The lowest BCUT2D eigenvalue weighted by Crippen LogP contribution is -2.19. The number of halogens is 2. The van der Waals surface area contributed by atoms with Gasteiger partial charge in [-0.25, -0.2) is 8.78 Å². The van der Waals surface area contributed by atoms with Gasteiger partial charge in [0.25, 0.3) is 12.0 Å². The van der Waals surface area contributed by atoms with E-state index < -0.39 is 17.7 Å². The molecule has 0 saturated carbocycles. The van der Waals surface area contributed by atoms with E-state index in [4.69, 9.17) is 5.73 Å². The van der Waals surface area contributed by atoms with Crippen LogP contribution in [0.5, 0.6) is 0 Å². The Morgan fingerprint density at radius 1 is 1.57 bits per heavy atom. The first kappa shape index (κ1) is 10.5. The number of pyridine rings is 1. The predicted molar refractivity (Wildman–Crippen MR) is 45.3 cm³/mol. The highest BCUT2D eigenvalue weighted by Gasteiger charge is 2.15. The van der Waals surface area contributed by atoms with Crippen LogP contribution < -0.4 is 11.3 Å². The van der Waals surface area contributed by atoms with Crippen molar-refractivity contribution in [3.63, 3.8) is 0 Å². The minimum Gasteiger partial charge on any atom is -0.326 e. The summed E-state index contributed by atoms with van der Waals surface area (Å²) in [6, 6.07) is 1.08. The minimum atomic E-state index is -2.88. The molecule has 6 heteroatoms. The lowest BCUT2D eigenvalue weighted by molar-refractivity contribution is 0.110. The standard InChI is InChI=1S/C8H8F2N2O2/c9-7(10)6-5(3-13)1-4(2-11)8(14)12-6/h1,3,7H,2,11H2,(H,12,14). The number of hydrogen-bond acceptors (Lipinski definition) is 3. The van der Waals surface area contributed by atoms with E-state index in [1.807, 2.05) is 4.98 Å². The molecule has 1 aromatic heterocycles. The van der Waals surface area contributed by atoms with E-state index in [0.717, 1.165) is 6.07 Å². The fraction of sp³-hybridized carbons (Fsp3) is 0.250. The first-order valence-corrected chi connectivity index (χ1v) is 3.79. The Morgan fingerprint density at radius 2 is 2.21 bits per heavy atom. The van der Waals surface area contributed by atoms with Gasteiger partial charge >= 0.3 is 0 Å². The molecule has 0 bridgehead atoms. The molecule has 14 heavy (non-hydrogen) atoms. The average Bonchev–Trinajstić information content (AvgIpc) is 2.17. The third kappa shape index (κ3) is 1.85. The van der Waals surface area contributed by atoms with Crippen molar-refractivity contribution in [1.82, 2.24) is 4.98 Å². The van der Waals surface area contributed by atoms with Gasteiger partial charge in [0.2, 0.25) is 0 Å². The Morgan fingerprint density at radius 3 is 2.64 bits per heavy atom. The van der Waals surface area contributed by atoms with Crippen LogP contribution in [0.4, 0.5) is 8.78 Å². The third-order valence-electron chi connectivity index (χ3n) is 1.75. The second-order valence-electron chi connectivity index (χ2n) is 2.62. The van der Waals surface area contributed by atoms with E-state index in [1.54, 1.807) is 0 Å². The summed E-state index contributed by atoms with van der Waals surface area (Å²) in [5.74, 6) is 0. The summed E-state index contributed by atoms with van der Waals surface area (Å²) in [6.07, 6.45) is -2.62. The molecule has 0 aliphatic heterocycles. The van der Waals surface area contributed by atoms with Gasteiger partial charge in [-0.1, -0.05) is 0 Å². The molecule has 0 unspecified atom stereocenters. The van der Waals surface area contributed by atoms with E-state index in [0.29, 0.717) is 0 Å². The molecule has 76 valence electrons. The van der Waals surface area contributed by atoms with Crippen LogP contribution in [0.1, 0.15) is 28.0 Å². The zero-order valence-electron chi connectivity index (χ0n) is 7.09. The summed E-state index contributed by atoms with van der Waals surface area (Å²) in [6.45, 7) is -0.0975. The van der Waals surface area contributed by atoms with Crippen LogP contribution in [0.2, 0.25) is 0 Å². The van der Waals surface area contributed by atoms with Gasteiger partial charge in [-0.2, -0.15) is 0 Å². The Bertz CT molecular complexity index is 401. The van der Waals surface area contributed by atoms with E-state index >= 15 is 0 Å². The lowest BCUT2D eigenvalue weighted by Gasteiger charge is -2.04. The number of rotatable bonds is 3. The summed E-state index contributed by atoms with van der Waals surface area (Å²) in [7, 11) is 0. The normalized spacial score (nSPS) is 10.6. The topological polar surface area (TPSA) is 76.0 Å². The highest BCUT2D eigenvalue weighted by molar-refractivity contribution is 5.76. The maximum atomic E-state index is 12.3. The number of hydrogen-bond donors (Lipinski definition) is 2. The van der Waals surface area contributed by atoms with Gasteiger partial charge in [0.05, 0.1) is 5.69 Å². The molecule has 0 amide bonds. The van der Waals surface area contributed by atoms with Crippen LogP contribution in [0.3, 0.4) is 0 Å². The largest absolute Gasteiger partial charge is 0.326 e. The first-order valence-electron chi connectivity index (χ1n) is 3.79. The van der Waals surface area contributed by atoms with E-state index in [1.165, 1.54) is 0 Å². The molecular formula is C8H8F2N2O2. The molecule has 1 rings (SSSR count). The fourth-order valence-electron chi connectivity index (χ4n) is 1.04. The van der Waals surface area contributed by atoms with Crippen LogP contribution in [0.15, 0.2) is 10.9 Å². The number of nitrogens with two attached hydrogens (primary N) is 1. The fourth-order valence-corrected chi connectivity index (χ4v) is 1.04. The molecule has 1 heterocycles. The highest BCUT2D eigenvalue weighted by Crippen LogP contribution is 2.18. The zero-order valence-corrected chi connectivity index (χ0v) is 7.09. The molecule has 3 N–H and O–H groups in total. The zero-order chi connectivity index (χ0) is 10.7. The predicted octanol–water partition coefficient (Wildman–Crippen LogP) is 0.584. The minimum absolute atomic E-state index is 0.0975.